The number of benzene rings is 2. The number of methoxy groups -OCH3 is 1. The zero-order chi connectivity index (χ0) is 24.9. The minimum Gasteiger partial charge on any atom is -0.493 e. The largest absolute Gasteiger partial charge is 0.493 e. The Morgan fingerprint density at radius 1 is 1.21 bits per heavy atom. The maximum Gasteiger partial charge on any atom is 0.416 e. The number of amides is 1. The van der Waals surface area contributed by atoms with E-state index in [1.807, 2.05) is 0 Å². The highest BCUT2D eigenvalue weighted by Gasteiger charge is 2.30. The molecule has 0 spiro atoms. The predicted molar refractivity (Wildman–Crippen MR) is 120 cm³/mol. The zero-order valence-electron chi connectivity index (χ0n) is 18.0. The molecule has 0 fully saturated rings. The highest BCUT2D eigenvalue weighted by Crippen LogP contribution is 2.31. The van der Waals surface area contributed by atoms with Crippen LogP contribution in [0.4, 0.5) is 18.9 Å². The number of hydrogen-bond donors (Lipinski definition) is 2. The molecule has 34 heavy (non-hydrogen) atoms. The van der Waals surface area contributed by atoms with E-state index < -0.39 is 27.7 Å². The number of ether oxygens (including phenoxy) is 1. The second kappa shape index (κ2) is 10.1. The summed E-state index contributed by atoms with van der Waals surface area (Å²) in [5.41, 5.74) is -0.0305. The molecule has 180 valence electrons. The standard InChI is InChI=1S/C22H21F3N4O4S/c1-3-11-26-34(31,32)14-15-7-9-17(10-8-15)27-21(30)20-19(33-2)13-29(28-20)18-6-4-5-16(12-18)22(23,24)25/h3-10,12-13,26H,1,11,14H2,2H3,(H,27,30). The Morgan fingerprint density at radius 3 is 2.53 bits per heavy atom. The molecule has 0 saturated carbocycles. The van der Waals surface area contributed by atoms with Crippen LogP contribution in [0.3, 0.4) is 0 Å². The third-order valence-electron chi connectivity index (χ3n) is 4.57. The molecule has 0 bridgehead atoms. The van der Waals surface area contributed by atoms with Crippen LogP contribution in [0.15, 0.2) is 67.4 Å². The van der Waals surface area contributed by atoms with E-state index in [0.717, 1.165) is 16.8 Å². The maximum atomic E-state index is 13.0. The number of rotatable bonds is 9. The molecule has 0 unspecified atom stereocenters. The smallest absolute Gasteiger partial charge is 0.416 e. The molecule has 12 heteroatoms. The van der Waals surface area contributed by atoms with Crippen molar-refractivity contribution in [2.24, 2.45) is 0 Å². The van der Waals surface area contributed by atoms with E-state index in [9.17, 15) is 26.4 Å². The first-order valence-corrected chi connectivity index (χ1v) is 11.5. The van der Waals surface area contributed by atoms with Crippen molar-refractivity contribution in [1.29, 1.82) is 0 Å². The summed E-state index contributed by atoms with van der Waals surface area (Å²) in [7, 11) is -2.22. The number of carbonyl (C=O) groups excluding carboxylic acids is 1. The molecule has 0 aliphatic rings. The fourth-order valence-electron chi connectivity index (χ4n) is 2.95. The lowest BCUT2D eigenvalue weighted by molar-refractivity contribution is -0.137. The molecule has 0 radical (unpaired) electrons. The fourth-order valence-corrected chi connectivity index (χ4v) is 4.06. The van der Waals surface area contributed by atoms with Gasteiger partial charge < -0.3 is 10.1 Å². The molecule has 2 N–H and O–H groups in total. The molecule has 3 rings (SSSR count). The zero-order valence-corrected chi connectivity index (χ0v) is 18.8. The normalized spacial score (nSPS) is 11.8. The number of hydrogen-bond acceptors (Lipinski definition) is 5. The Hall–Kier alpha value is -3.64. The van der Waals surface area contributed by atoms with E-state index in [1.165, 1.54) is 43.6 Å². The molecule has 3 aromatic rings. The predicted octanol–water partition coefficient (Wildman–Crippen LogP) is 3.76. The number of anilines is 1. The van der Waals surface area contributed by atoms with Crippen LogP contribution in [0.2, 0.25) is 0 Å². The molecule has 2 aromatic carbocycles. The summed E-state index contributed by atoms with van der Waals surface area (Å²) in [6.07, 6.45) is -1.80. The Balaban J connectivity index is 1.77. The van der Waals surface area contributed by atoms with Crippen molar-refractivity contribution < 1.29 is 31.1 Å². The van der Waals surface area contributed by atoms with Crippen LogP contribution < -0.4 is 14.8 Å². The number of sulfonamides is 1. The van der Waals surface area contributed by atoms with Gasteiger partial charge in [0, 0.05) is 12.2 Å². The Kier molecular flexibility index (Phi) is 7.42. The Labute approximate surface area is 194 Å². The first kappa shape index (κ1) is 25.0. The number of nitrogens with zero attached hydrogens (tertiary/aromatic N) is 2. The van der Waals surface area contributed by atoms with Gasteiger partial charge >= 0.3 is 6.18 Å². The topological polar surface area (TPSA) is 102 Å². The van der Waals surface area contributed by atoms with Gasteiger partial charge in [0.1, 0.15) is 0 Å². The lowest BCUT2D eigenvalue weighted by atomic mass is 10.2. The molecule has 1 aromatic heterocycles. The van der Waals surface area contributed by atoms with E-state index in [-0.39, 0.29) is 29.4 Å². The summed E-state index contributed by atoms with van der Waals surface area (Å²) in [6, 6.07) is 10.6. The van der Waals surface area contributed by atoms with Crippen LogP contribution in [0.1, 0.15) is 21.6 Å². The minimum absolute atomic E-state index is 0.0610. The van der Waals surface area contributed by atoms with Crippen LogP contribution in [0.25, 0.3) is 5.69 Å². The summed E-state index contributed by atoms with van der Waals surface area (Å²) in [6.45, 7) is 3.57. The quantitative estimate of drug-likeness (QED) is 0.441. The van der Waals surface area contributed by atoms with Crippen molar-refractivity contribution in [3.63, 3.8) is 0 Å². The number of nitrogens with one attached hydrogen (secondary N) is 2. The van der Waals surface area contributed by atoms with Gasteiger partial charge in [-0.15, -0.1) is 6.58 Å². The molecule has 8 nitrogen and oxygen atoms in total. The molecular formula is C22H21F3N4O4S. The maximum absolute atomic E-state index is 13.0. The summed E-state index contributed by atoms with van der Waals surface area (Å²) in [4.78, 5) is 12.7. The van der Waals surface area contributed by atoms with E-state index >= 15 is 0 Å². The van der Waals surface area contributed by atoms with Crippen LogP contribution in [0, 0.1) is 0 Å². The summed E-state index contributed by atoms with van der Waals surface area (Å²) < 4.78 is 71.6. The Bertz CT molecular complexity index is 1290. The molecule has 0 aliphatic heterocycles. The molecule has 0 atom stereocenters. The average Bonchev–Trinajstić information content (AvgIpc) is 3.23. The van der Waals surface area contributed by atoms with Gasteiger partial charge in [0.2, 0.25) is 10.0 Å². The second-order valence-corrected chi connectivity index (χ2v) is 8.89. The molecule has 0 aliphatic carbocycles. The Morgan fingerprint density at radius 2 is 1.91 bits per heavy atom. The van der Waals surface area contributed by atoms with Gasteiger partial charge in [-0.2, -0.15) is 18.3 Å². The van der Waals surface area contributed by atoms with Gasteiger partial charge in [0.05, 0.1) is 30.3 Å². The van der Waals surface area contributed by atoms with Crippen LogP contribution >= 0.6 is 0 Å². The van der Waals surface area contributed by atoms with Gasteiger partial charge in [-0.05, 0) is 35.9 Å². The lowest BCUT2D eigenvalue weighted by Crippen LogP contribution is -2.25. The molecule has 1 amide bonds. The second-order valence-electron chi connectivity index (χ2n) is 7.09. The third-order valence-corrected chi connectivity index (χ3v) is 5.89. The monoisotopic (exact) mass is 494 g/mol. The number of alkyl halides is 3. The van der Waals surface area contributed by atoms with Crippen molar-refractivity contribution in [2.75, 3.05) is 19.0 Å². The van der Waals surface area contributed by atoms with Gasteiger partial charge in [-0.1, -0.05) is 24.3 Å². The number of halogens is 3. The lowest BCUT2D eigenvalue weighted by Gasteiger charge is -2.08. The van der Waals surface area contributed by atoms with Crippen molar-refractivity contribution in [3.05, 3.63) is 84.2 Å². The van der Waals surface area contributed by atoms with Gasteiger partial charge in [-0.3, -0.25) is 4.79 Å². The SMILES string of the molecule is C=CCNS(=O)(=O)Cc1ccc(NC(=O)c2nn(-c3cccc(C(F)(F)F)c3)cc2OC)cc1. The van der Waals surface area contributed by atoms with Gasteiger partial charge in [0.15, 0.2) is 11.4 Å². The summed E-state index contributed by atoms with van der Waals surface area (Å²) in [5.74, 6) is -0.842. The van der Waals surface area contributed by atoms with Crippen molar-refractivity contribution in [3.8, 4) is 11.4 Å². The minimum atomic E-state index is -4.53. The highest BCUT2D eigenvalue weighted by molar-refractivity contribution is 7.88. The summed E-state index contributed by atoms with van der Waals surface area (Å²) in [5, 5.41) is 6.69. The van der Waals surface area contributed by atoms with Crippen LogP contribution in [-0.4, -0.2) is 37.8 Å². The fraction of sp³-hybridized carbons (Fsp3) is 0.182. The first-order chi connectivity index (χ1) is 16.0. The number of aromatic nitrogens is 2. The highest BCUT2D eigenvalue weighted by atomic mass is 32.2. The van der Waals surface area contributed by atoms with Gasteiger partial charge in [0.25, 0.3) is 5.91 Å². The van der Waals surface area contributed by atoms with E-state index in [4.69, 9.17) is 4.74 Å². The van der Waals surface area contributed by atoms with E-state index in [2.05, 4.69) is 21.7 Å². The van der Waals surface area contributed by atoms with Crippen molar-refractivity contribution in [1.82, 2.24) is 14.5 Å². The van der Waals surface area contributed by atoms with Crippen LogP contribution in [-0.2, 0) is 22.0 Å². The molecule has 0 saturated heterocycles. The van der Waals surface area contributed by atoms with Crippen molar-refractivity contribution >= 4 is 21.6 Å². The number of carbonyl (C=O) groups is 1. The van der Waals surface area contributed by atoms with Crippen molar-refractivity contribution in [2.45, 2.75) is 11.9 Å². The van der Waals surface area contributed by atoms with E-state index in [0.29, 0.717) is 11.3 Å². The average molecular weight is 494 g/mol. The third kappa shape index (κ3) is 6.23. The van der Waals surface area contributed by atoms with Gasteiger partial charge in [-0.25, -0.2) is 17.8 Å². The molecule has 1 heterocycles. The van der Waals surface area contributed by atoms with Crippen LogP contribution in [0.5, 0.6) is 5.75 Å². The first-order valence-electron chi connectivity index (χ1n) is 9.82. The van der Waals surface area contributed by atoms with E-state index in [1.54, 1.807) is 12.1 Å². The molecular weight excluding hydrogens is 473 g/mol. The summed E-state index contributed by atoms with van der Waals surface area (Å²) >= 11 is 0.